The fraction of sp³-hybridized carbons (Fsp3) is 0.667. The number of nitrogens with one attached hydrogen (secondary N) is 1. The third kappa shape index (κ3) is 5.62. The van der Waals surface area contributed by atoms with Crippen LogP contribution in [-0.2, 0) is 14.3 Å². The number of hydrogen-bond acceptors (Lipinski definition) is 5. The number of carbonyl (C=O) groups is 3. The van der Waals surface area contributed by atoms with Crippen LogP contribution >= 0.6 is 27.0 Å². The zero-order valence-electron chi connectivity index (χ0n) is 16.4. The van der Waals surface area contributed by atoms with Gasteiger partial charge in [-0.05, 0) is 31.2 Å². The number of hydrogen-bond donors (Lipinski definition) is 1. The molecule has 3 heterocycles. The van der Waals surface area contributed by atoms with Crippen molar-refractivity contribution in [1.82, 2.24) is 10.2 Å². The molecule has 2 amide bonds. The van der Waals surface area contributed by atoms with Crippen molar-refractivity contribution < 1.29 is 23.5 Å². The topological polar surface area (TPSA) is 88.9 Å². The van der Waals surface area contributed by atoms with Gasteiger partial charge in [-0.25, -0.2) is 0 Å². The van der Waals surface area contributed by atoms with Gasteiger partial charge in [0.1, 0.15) is 25.0 Å². The van der Waals surface area contributed by atoms with Gasteiger partial charge in [0, 0.05) is 6.54 Å². The van der Waals surface area contributed by atoms with Crippen molar-refractivity contribution in [3.05, 3.63) is 24.2 Å². The highest BCUT2D eigenvalue weighted by atomic mass is 32.1. The molecule has 170 valence electrons. The summed E-state index contributed by atoms with van der Waals surface area (Å²) in [7, 11) is 0. The van der Waals surface area contributed by atoms with Crippen LogP contribution in [0.3, 0.4) is 0 Å². The summed E-state index contributed by atoms with van der Waals surface area (Å²) in [5.74, 6) is -0.0801. The molecule has 3 fully saturated rings. The first-order valence-electron chi connectivity index (χ1n) is 9.91. The first-order chi connectivity index (χ1) is 13.1. The van der Waals surface area contributed by atoms with Crippen LogP contribution in [0.15, 0.2) is 23.0 Å². The van der Waals surface area contributed by atoms with E-state index in [0.29, 0.717) is 24.4 Å². The Balaban J connectivity index is 0.00000150. The van der Waals surface area contributed by atoms with Crippen molar-refractivity contribution in [3.63, 3.8) is 0 Å². The van der Waals surface area contributed by atoms with E-state index in [1.807, 2.05) is 0 Å². The van der Waals surface area contributed by atoms with Gasteiger partial charge in [-0.15, -0.1) is 0 Å². The maximum absolute atomic E-state index is 13.4. The lowest BCUT2D eigenvalue weighted by molar-refractivity contribution is -0.142. The molecule has 3 atom stereocenters. The van der Waals surface area contributed by atoms with E-state index in [9.17, 15) is 14.4 Å². The fourth-order valence-corrected chi connectivity index (χ4v) is 4.67. The third-order valence-electron chi connectivity index (χ3n) is 6.06. The molecule has 30 heavy (non-hydrogen) atoms. The molecule has 0 spiro atoms. The standard InChI is InChI=1S/C20H26N2O5.CH4.2H2S/c23-16-12-27-17-6-3-8-22(18(16)17)20(25)15(10-13-4-1-2-5-13)21-19(24)14-7-9-26-11-14;;;/h7,9,11,13,15,17-18H,1-6,8,10,12H2,(H,21,24);1H4;2*1H2/t15-,17-,18-;;;/m0.../s1. The molecule has 0 aromatic carbocycles. The number of amides is 2. The van der Waals surface area contributed by atoms with Crippen LogP contribution in [0, 0.1) is 5.92 Å². The van der Waals surface area contributed by atoms with E-state index in [1.54, 1.807) is 11.0 Å². The summed E-state index contributed by atoms with van der Waals surface area (Å²) < 4.78 is 10.5. The van der Waals surface area contributed by atoms with E-state index in [0.717, 1.165) is 25.7 Å². The smallest absolute Gasteiger partial charge is 0.255 e. The Hall–Kier alpha value is -1.45. The summed E-state index contributed by atoms with van der Waals surface area (Å²) in [5, 5.41) is 2.90. The number of furan rings is 1. The van der Waals surface area contributed by atoms with Crippen LogP contribution in [0.5, 0.6) is 0 Å². The highest BCUT2D eigenvalue weighted by Crippen LogP contribution is 2.31. The van der Waals surface area contributed by atoms with Crippen molar-refractivity contribution in [2.75, 3.05) is 13.2 Å². The Bertz CT molecular complexity index is 706. The van der Waals surface area contributed by atoms with E-state index in [4.69, 9.17) is 9.15 Å². The Labute approximate surface area is 192 Å². The molecule has 1 N–H and O–H groups in total. The van der Waals surface area contributed by atoms with E-state index in [2.05, 4.69) is 5.32 Å². The molecule has 0 bridgehead atoms. The van der Waals surface area contributed by atoms with Gasteiger partial charge in [0.2, 0.25) is 5.91 Å². The number of Topliss-reactive ketones (excluding diaryl/α,β-unsaturated/α-hetero) is 1. The maximum atomic E-state index is 13.4. The lowest BCUT2D eigenvalue weighted by Crippen LogP contribution is -2.58. The second-order valence-corrected chi connectivity index (χ2v) is 7.86. The van der Waals surface area contributed by atoms with Crippen LogP contribution in [0.1, 0.15) is 62.7 Å². The van der Waals surface area contributed by atoms with Gasteiger partial charge in [-0.2, -0.15) is 27.0 Å². The zero-order valence-corrected chi connectivity index (χ0v) is 18.4. The van der Waals surface area contributed by atoms with Gasteiger partial charge in [-0.1, -0.05) is 33.1 Å². The molecule has 3 aliphatic rings. The largest absolute Gasteiger partial charge is 0.472 e. The zero-order chi connectivity index (χ0) is 18.8. The monoisotopic (exact) mass is 458 g/mol. The highest BCUT2D eigenvalue weighted by Gasteiger charge is 2.46. The molecule has 0 radical (unpaired) electrons. The minimum atomic E-state index is -0.623. The first-order valence-corrected chi connectivity index (χ1v) is 9.91. The number of rotatable bonds is 5. The van der Waals surface area contributed by atoms with Crippen molar-refractivity contribution in [2.45, 2.75) is 70.6 Å². The maximum Gasteiger partial charge on any atom is 0.255 e. The Morgan fingerprint density at radius 3 is 2.57 bits per heavy atom. The van der Waals surface area contributed by atoms with E-state index in [1.165, 1.54) is 25.4 Å². The van der Waals surface area contributed by atoms with Crippen molar-refractivity contribution >= 4 is 44.6 Å². The number of ether oxygens (including phenoxy) is 1. The molecule has 1 aromatic rings. The molecule has 9 heteroatoms. The van der Waals surface area contributed by atoms with Crippen LogP contribution < -0.4 is 5.32 Å². The lowest BCUT2D eigenvalue weighted by atomic mass is 9.93. The average molecular weight is 459 g/mol. The normalized spacial score (nSPS) is 24.1. The molecule has 0 unspecified atom stereocenters. The number of carbonyl (C=O) groups excluding carboxylic acids is 3. The average Bonchev–Trinajstić information content (AvgIpc) is 3.43. The van der Waals surface area contributed by atoms with Crippen molar-refractivity contribution in [1.29, 1.82) is 0 Å². The summed E-state index contributed by atoms with van der Waals surface area (Å²) in [5.41, 5.74) is 0.399. The molecular weight excluding hydrogens is 424 g/mol. The van der Waals surface area contributed by atoms with Gasteiger partial charge >= 0.3 is 0 Å². The predicted octanol–water partition coefficient (Wildman–Crippen LogP) is 2.78. The van der Waals surface area contributed by atoms with E-state index >= 15 is 0 Å². The van der Waals surface area contributed by atoms with Gasteiger partial charge in [0.15, 0.2) is 5.78 Å². The van der Waals surface area contributed by atoms with Crippen LogP contribution in [0.2, 0.25) is 0 Å². The Morgan fingerprint density at radius 1 is 1.17 bits per heavy atom. The molecule has 1 saturated carbocycles. The summed E-state index contributed by atoms with van der Waals surface area (Å²) in [4.78, 5) is 39.8. The van der Waals surface area contributed by atoms with E-state index < -0.39 is 12.1 Å². The molecular formula is C21H34N2O5S2. The third-order valence-corrected chi connectivity index (χ3v) is 6.06. The second-order valence-electron chi connectivity index (χ2n) is 7.86. The number of likely N-dealkylation sites (tertiary alicyclic amines) is 1. The Morgan fingerprint density at radius 2 is 1.90 bits per heavy atom. The second kappa shape index (κ2) is 11.8. The molecule has 4 rings (SSSR count). The molecule has 2 aliphatic heterocycles. The van der Waals surface area contributed by atoms with Crippen LogP contribution in [0.4, 0.5) is 0 Å². The fourth-order valence-electron chi connectivity index (χ4n) is 4.67. The molecule has 7 nitrogen and oxygen atoms in total. The quantitative estimate of drug-likeness (QED) is 0.733. The summed E-state index contributed by atoms with van der Waals surface area (Å²) in [6.45, 7) is 0.617. The minimum Gasteiger partial charge on any atom is -0.472 e. The van der Waals surface area contributed by atoms with Crippen LogP contribution in [-0.4, -0.2) is 53.8 Å². The molecule has 1 aromatic heterocycles. The summed E-state index contributed by atoms with van der Waals surface area (Å²) in [6, 6.07) is 0.461. The van der Waals surface area contributed by atoms with Crippen molar-refractivity contribution in [2.24, 2.45) is 5.92 Å². The number of fused-ring (bicyclic) bond motifs is 1. The minimum absolute atomic E-state index is 0. The Kier molecular flexibility index (Phi) is 10.5. The SMILES string of the molecule is C.O=C(N[C@@H](CC1CCCC1)C(=O)N1CCC[C@@H]2OCC(=O)[C@@H]21)c1ccoc1.S.S. The molecule has 2 saturated heterocycles. The first kappa shape index (κ1) is 26.6. The van der Waals surface area contributed by atoms with E-state index in [-0.39, 0.29) is 64.7 Å². The number of nitrogens with zero attached hydrogens (tertiary/aromatic N) is 1. The number of ketones is 1. The van der Waals surface area contributed by atoms with Crippen LogP contribution in [0.25, 0.3) is 0 Å². The lowest BCUT2D eigenvalue weighted by Gasteiger charge is -2.38. The predicted molar refractivity (Wildman–Crippen MR) is 124 cm³/mol. The van der Waals surface area contributed by atoms with Crippen molar-refractivity contribution in [3.8, 4) is 0 Å². The summed E-state index contributed by atoms with van der Waals surface area (Å²) >= 11 is 0. The van der Waals surface area contributed by atoms with Gasteiger partial charge in [0.05, 0.1) is 17.9 Å². The van der Waals surface area contributed by atoms with Gasteiger partial charge < -0.3 is 19.4 Å². The molecule has 1 aliphatic carbocycles. The number of piperidine rings is 1. The highest BCUT2D eigenvalue weighted by molar-refractivity contribution is 7.59. The van der Waals surface area contributed by atoms with Gasteiger partial charge in [0.25, 0.3) is 5.91 Å². The summed E-state index contributed by atoms with van der Waals surface area (Å²) in [6.07, 6.45) is 9.34. The van der Waals surface area contributed by atoms with Gasteiger partial charge in [-0.3, -0.25) is 14.4 Å².